The maximum Gasteiger partial charge on any atom is 0.307 e. The van der Waals surface area contributed by atoms with Crippen LogP contribution < -0.4 is 5.32 Å². The molecule has 0 fully saturated rings. The number of hydrogen-bond donors (Lipinski definition) is 2. The summed E-state index contributed by atoms with van der Waals surface area (Å²) in [4.78, 5) is 19.8. The number of hydrogen-bond acceptors (Lipinski definition) is 5. The summed E-state index contributed by atoms with van der Waals surface area (Å²) in [5.74, 6) is -0.423. The first-order chi connectivity index (χ1) is 15.9. The summed E-state index contributed by atoms with van der Waals surface area (Å²) < 4.78 is 14.9. The fourth-order valence-corrected chi connectivity index (χ4v) is 4.99. The van der Waals surface area contributed by atoms with Gasteiger partial charge in [-0.1, -0.05) is 37.1 Å². The van der Waals surface area contributed by atoms with Crippen LogP contribution in [0.1, 0.15) is 30.0 Å². The Morgan fingerprint density at radius 3 is 2.79 bits per heavy atom. The molecule has 0 bridgehead atoms. The number of carbonyl (C=O) groups is 1. The molecular weight excluding hydrogens is 461 g/mol. The fourth-order valence-electron chi connectivity index (χ4n) is 3.83. The van der Waals surface area contributed by atoms with Gasteiger partial charge in [-0.15, -0.1) is 11.3 Å². The van der Waals surface area contributed by atoms with Crippen molar-refractivity contribution < 1.29 is 14.3 Å². The van der Waals surface area contributed by atoms with Crippen LogP contribution in [0, 0.1) is 5.82 Å². The van der Waals surface area contributed by atoms with E-state index in [2.05, 4.69) is 22.2 Å². The maximum atomic E-state index is 14.3. The highest BCUT2D eigenvalue weighted by Gasteiger charge is 2.11. The minimum absolute atomic E-state index is 0.00910. The number of fused-ring (bicyclic) bond motifs is 1. The van der Waals surface area contributed by atoms with Crippen molar-refractivity contribution in [2.45, 2.75) is 32.6 Å². The number of nitrogens with one attached hydrogen (secondary N) is 1. The average molecular weight is 484 g/mol. The second-order valence-electron chi connectivity index (χ2n) is 7.81. The third-order valence-corrected chi connectivity index (χ3v) is 6.84. The van der Waals surface area contributed by atoms with Crippen molar-refractivity contribution in [2.75, 3.05) is 11.9 Å². The minimum Gasteiger partial charge on any atom is -0.481 e. The highest BCUT2D eigenvalue weighted by molar-refractivity contribution is 7.17. The molecule has 0 aliphatic heterocycles. The van der Waals surface area contributed by atoms with E-state index < -0.39 is 5.97 Å². The Bertz CT molecular complexity index is 1310. The van der Waals surface area contributed by atoms with Crippen molar-refractivity contribution in [3.63, 3.8) is 0 Å². The molecule has 0 aliphatic carbocycles. The number of aliphatic carboxylic acids is 1. The molecule has 0 atom stereocenters. The lowest BCUT2D eigenvalue weighted by Gasteiger charge is -2.11. The lowest BCUT2D eigenvalue weighted by atomic mass is 9.97. The first-order valence-corrected chi connectivity index (χ1v) is 12.0. The normalized spacial score (nSPS) is 11.1. The van der Waals surface area contributed by atoms with Crippen LogP contribution in [0.15, 0.2) is 48.1 Å². The molecule has 5 nitrogen and oxygen atoms in total. The fraction of sp³-hybridized carbons (Fsp3) is 0.240. The SMILES string of the molecule is CCCc1cc(-c2cc(NCCc3cc(F)c4scc(Cl)c4c3)ncn2)ccc1CC(=O)O. The standard InChI is InChI=1S/C25H23ClFN3O2S/c1-2-3-16-10-18(5-4-17(16)11-24(31)32)22-12-23(30-14-29-22)28-7-6-15-8-19-20(26)13-33-25(19)21(27)9-15/h4-5,8-10,12-14H,2-3,6-7,11H2,1H3,(H,31,32)(H,28,29,30). The van der Waals surface area contributed by atoms with Gasteiger partial charge in [0.15, 0.2) is 0 Å². The van der Waals surface area contributed by atoms with Gasteiger partial charge in [0.25, 0.3) is 0 Å². The largest absolute Gasteiger partial charge is 0.481 e. The number of anilines is 1. The van der Waals surface area contributed by atoms with Crippen molar-refractivity contribution in [2.24, 2.45) is 0 Å². The molecule has 33 heavy (non-hydrogen) atoms. The number of aromatic nitrogens is 2. The number of aryl methyl sites for hydroxylation is 1. The zero-order valence-electron chi connectivity index (χ0n) is 18.1. The lowest BCUT2D eigenvalue weighted by Crippen LogP contribution is -2.07. The molecule has 2 aromatic heterocycles. The zero-order chi connectivity index (χ0) is 23.4. The van der Waals surface area contributed by atoms with Crippen LogP contribution in [-0.2, 0) is 24.1 Å². The van der Waals surface area contributed by atoms with Crippen LogP contribution in [0.3, 0.4) is 0 Å². The van der Waals surface area contributed by atoms with Crippen LogP contribution in [0.5, 0.6) is 0 Å². The smallest absolute Gasteiger partial charge is 0.307 e. The van der Waals surface area contributed by atoms with Crippen molar-refractivity contribution >= 4 is 44.8 Å². The average Bonchev–Trinajstić information content (AvgIpc) is 3.16. The van der Waals surface area contributed by atoms with Gasteiger partial charge in [0.1, 0.15) is 18.0 Å². The third kappa shape index (κ3) is 5.49. The molecule has 0 aliphatic rings. The summed E-state index contributed by atoms with van der Waals surface area (Å²) in [6.07, 6.45) is 3.86. The van der Waals surface area contributed by atoms with Gasteiger partial charge in [-0.3, -0.25) is 4.79 Å². The van der Waals surface area contributed by atoms with E-state index in [4.69, 9.17) is 16.7 Å². The molecule has 8 heteroatoms. The summed E-state index contributed by atoms with van der Waals surface area (Å²) >= 11 is 7.48. The number of benzene rings is 2. The third-order valence-electron chi connectivity index (χ3n) is 5.39. The van der Waals surface area contributed by atoms with E-state index in [1.165, 1.54) is 17.7 Å². The molecule has 2 N–H and O–H groups in total. The number of thiophene rings is 1. The van der Waals surface area contributed by atoms with E-state index in [0.29, 0.717) is 28.5 Å². The molecule has 4 aromatic rings. The Morgan fingerprint density at radius 2 is 2.00 bits per heavy atom. The Balaban J connectivity index is 1.47. The van der Waals surface area contributed by atoms with Gasteiger partial charge >= 0.3 is 5.97 Å². The van der Waals surface area contributed by atoms with Crippen LogP contribution in [0.2, 0.25) is 5.02 Å². The summed E-state index contributed by atoms with van der Waals surface area (Å²) in [5, 5.41) is 15.5. The Labute approximate surface area is 200 Å². The monoisotopic (exact) mass is 483 g/mol. The quantitative estimate of drug-likeness (QED) is 0.288. The van der Waals surface area contributed by atoms with Crippen molar-refractivity contribution in [3.8, 4) is 11.3 Å². The van der Waals surface area contributed by atoms with E-state index in [-0.39, 0.29) is 12.2 Å². The van der Waals surface area contributed by atoms with Crippen molar-refractivity contribution in [1.82, 2.24) is 9.97 Å². The van der Waals surface area contributed by atoms with Gasteiger partial charge in [-0.2, -0.15) is 0 Å². The Kier molecular flexibility index (Phi) is 7.20. The second kappa shape index (κ2) is 10.3. The molecule has 0 radical (unpaired) electrons. The molecule has 2 aromatic carbocycles. The Morgan fingerprint density at radius 1 is 1.15 bits per heavy atom. The van der Waals surface area contributed by atoms with E-state index in [9.17, 15) is 9.18 Å². The predicted octanol–water partition coefficient (Wildman–Crippen LogP) is 6.39. The van der Waals surface area contributed by atoms with Gasteiger partial charge in [0.05, 0.1) is 21.8 Å². The zero-order valence-corrected chi connectivity index (χ0v) is 19.6. The van der Waals surface area contributed by atoms with Crippen molar-refractivity contribution in [3.05, 3.63) is 75.6 Å². The summed E-state index contributed by atoms with van der Waals surface area (Å²) in [6, 6.07) is 11.1. The maximum absolute atomic E-state index is 14.3. The molecule has 0 unspecified atom stereocenters. The van der Waals surface area contributed by atoms with Crippen LogP contribution >= 0.6 is 22.9 Å². The summed E-state index contributed by atoms with van der Waals surface area (Å²) in [5.41, 5.74) is 4.38. The summed E-state index contributed by atoms with van der Waals surface area (Å²) in [6.45, 7) is 2.64. The van der Waals surface area contributed by atoms with Gasteiger partial charge in [0, 0.05) is 28.9 Å². The number of carboxylic acids is 1. The van der Waals surface area contributed by atoms with E-state index in [1.807, 2.05) is 30.3 Å². The molecule has 4 rings (SSSR count). The molecule has 0 saturated heterocycles. The first kappa shape index (κ1) is 23.1. The van der Waals surface area contributed by atoms with Crippen molar-refractivity contribution in [1.29, 1.82) is 0 Å². The molecule has 0 spiro atoms. The number of nitrogens with zero attached hydrogens (tertiary/aromatic N) is 2. The molecule has 0 amide bonds. The molecule has 2 heterocycles. The lowest BCUT2D eigenvalue weighted by molar-refractivity contribution is -0.136. The summed E-state index contributed by atoms with van der Waals surface area (Å²) in [7, 11) is 0. The van der Waals surface area contributed by atoms with Gasteiger partial charge < -0.3 is 10.4 Å². The second-order valence-corrected chi connectivity index (χ2v) is 9.09. The van der Waals surface area contributed by atoms with E-state index in [1.54, 1.807) is 11.4 Å². The first-order valence-electron chi connectivity index (χ1n) is 10.7. The van der Waals surface area contributed by atoms with Gasteiger partial charge in [-0.25, -0.2) is 14.4 Å². The molecule has 170 valence electrons. The van der Waals surface area contributed by atoms with Crippen LogP contribution in [-0.4, -0.2) is 27.6 Å². The topological polar surface area (TPSA) is 75.1 Å². The highest BCUT2D eigenvalue weighted by Crippen LogP contribution is 2.33. The Hall–Kier alpha value is -3.03. The van der Waals surface area contributed by atoms with Gasteiger partial charge in [0.2, 0.25) is 0 Å². The number of rotatable bonds is 9. The minimum atomic E-state index is -0.839. The van der Waals surface area contributed by atoms with Crippen LogP contribution in [0.25, 0.3) is 21.3 Å². The van der Waals surface area contributed by atoms with Gasteiger partial charge in [-0.05, 0) is 47.7 Å². The highest BCUT2D eigenvalue weighted by atomic mass is 35.5. The number of carboxylic acid groups (broad SMARTS) is 1. The van der Waals surface area contributed by atoms with E-state index in [0.717, 1.165) is 46.2 Å². The predicted molar refractivity (Wildman–Crippen MR) is 132 cm³/mol. The number of halogens is 2. The molecular formula is C25H23ClFN3O2S. The van der Waals surface area contributed by atoms with Crippen LogP contribution in [0.4, 0.5) is 10.2 Å². The molecule has 0 saturated carbocycles. The van der Waals surface area contributed by atoms with E-state index >= 15 is 0 Å².